The zero-order chi connectivity index (χ0) is 14.4. The van der Waals surface area contributed by atoms with E-state index in [0.717, 1.165) is 18.2 Å². The van der Waals surface area contributed by atoms with Crippen molar-refractivity contribution in [2.45, 2.75) is 32.8 Å². The van der Waals surface area contributed by atoms with Gasteiger partial charge in [0, 0.05) is 0 Å². The zero-order valence-corrected chi connectivity index (χ0v) is 11.5. The second-order valence-electron chi connectivity index (χ2n) is 4.59. The van der Waals surface area contributed by atoms with E-state index in [1.165, 1.54) is 18.4 Å². The zero-order valence-electron chi connectivity index (χ0n) is 11.5. The van der Waals surface area contributed by atoms with E-state index in [4.69, 9.17) is 10.5 Å². The molecule has 0 aliphatic heterocycles. The van der Waals surface area contributed by atoms with E-state index in [-0.39, 0.29) is 11.8 Å². The van der Waals surface area contributed by atoms with Crippen LogP contribution in [0, 0.1) is 5.82 Å². The molecular weight excluding hydrogens is 257 g/mol. The van der Waals surface area contributed by atoms with Crippen LogP contribution in [-0.4, -0.2) is 9.97 Å². The van der Waals surface area contributed by atoms with Gasteiger partial charge in [0.15, 0.2) is 11.6 Å². The second kappa shape index (κ2) is 6.84. The molecule has 2 rings (SSSR count). The molecule has 2 N–H and O–H groups in total. The molecule has 2 aromatic rings. The number of ether oxygens (including phenoxy) is 1. The van der Waals surface area contributed by atoms with Gasteiger partial charge in [0.2, 0.25) is 0 Å². The lowest BCUT2D eigenvalue weighted by Crippen LogP contribution is -2.03. The first-order valence-electron chi connectivity index (χ1n) is 6.67. The maximum absolute atomic E-state index is 12.9. The number of aryl methyl sites for hydroxylation is 1. The summed E-state index contributed by atoms with van der Waals surface area (Å²) in [6.45, 7) is 2.51. The van der Waals surface area contributed by atoms with Crippen LogP contribution in [0.3, 0.4) is 0 Å². The maximum atomic E-state index is 12.9. The average Bonchev–Trinajstić information content (AvgIpc) is 2.47. The summed E-state index contributed by atoms with van der Waals surface area (Å²) < 4.78 is 18.3. The number of rotatable bonds is 6. The van der Waals surface area contributed by atoms with Gasteiger partial charge in [-0.05, 0) is 24.0 Å². The minimum atomic E-state index is -0.641. The molecule has 1 heterocycles. The highest BCUT2D eigenvalue weighted by Crippen LogP contribution is 2.12. The molecule has 0 unspecified atom stereocenters. The molecule has 5 heteroatoms. The predicted octanol–water partition coefficient (Wildman–Crippen LogP) is 3.12. The predicted molar refractivity (Wildman–Crippen MR) is 75.8 cm³/mol. The summed E-state index contributed by atoms with van der Waals surface area (Å²) in [6.07, 6.45) is 4.48. The van der Waals surface area contributed by atoms with Crippen molar-refractivity contribution in [3.63, 3.8) is 0 Å². The van der Waals surface area contributed by atoms with Gasteiger partial charge in [0.05, 0.1) is 6.20 Å². The van der Waals surface area contributed by atoms with Crippen molar-refractivity contribution in [2.75, 3.05) is 5.73 Å². The third-order valence-electron chi connectivity index (χ3n) is 2.96. The van der Waals surface area contributed by atoms with E-state index in [2.05, 4.69) is 29.0 Å². The van der Waals surface area contributed by atoms with Crippen molar-refractivity contribution in [1.29, 1.82) is 0 Å². The van der Waals surface area contributed by atoms with Crippen molar-refractivity contribution in [1.82, 2.24) is 9.97 Å². The monoisotopic (exact) mass is 275 g/mol. The number of nitrogen functional groups attached to an aromatic ring is 1. The lowest BCUT2D eigenvalue weighted by molar-refractivity contribution is 0.280. The minimum absolute atomic E-state index is 0.0824. The minimum Gasteiger partial charge on any atom is -0.459 e. The van der Waals surface area contributed by atoms with Crippen molar-refractivity contribution in [3.8, 4) is 6.01 Å². The quantitative estimate of drug-likeness (QED) is 0.880. The van der Waals surface area contributed by atoms with Crippen LogP contribution in [0.15, 0.2) is 30.5 Å². The summed E-state index contributed by atoms with van der Waals surface area (Å²) in [4.78, 5) is 7.44. The molecule has 1 aromatic carbocycles. The normalized spacial score (nSPS) is 10.5. The summed E-state index contributed by atoms with van der Waals surface area (Å²) in [5, 5.41) is 0. The number of anilines is 1. The SMILES string of the molecule is CCCCc1ccc(COc2ncc(F)c(N)n2)cc1. The fraction of sp³-hybridized carbons (Fsp3) is 0.333. The molecular formula is C15H18FN3O. The standard InChI is InChI=1S/C15H18FN3O/c1-2-3-4-11-5-7-12(8-6-11)10-20-15-18-9-13(16)14(17)19-15/h5-9H,2-4,10H2,1H3,(H2,17,18,19). The largest absolute Gasteiger partial charge is 0.459 e. The summed E-state index contributed by atoms with van der Waals surface area (Å²) >= 11 is 0. The van der Waals surface area contributed by atoms with Crippen LogP contribution in [0.5, 0.6) is 6.01 Å². The Bertz CT molecular complexity index is 558. The van der Waals surface area contributed by atoms with E-state index < -0.39 is 5.82 Å². The Kier molecular flexibility index (Phi) is 4.87. The van der Waals surface area contributed by atoms with Crippen molar-refractivity contribution in [2.24, 2.45) is 0 Å². The van der Waals surface area contributed by atoms with Crippen LogP contribution in [0.1, 0.15) is 30.9 Å². The number of aromatic nitrogens is 2. The third-order valence-corrected chi connectivity index (χ3v) is 2.96. The van der Waals surface area contributed by atoms with Gasteiger partial charge in [-0.15, -0.1) is 0 Å². The molecule has 0 saturated carbocycles. The molecule has 0 atom stereocenters. The number of nitrogens with zero attached hydrogens (tertiary/aromatic N) is 2. The number of benzene rings is 1. The van der Waals surface area contributed by atoms with E-state index in [9.17, 15) is 4.39 Å². The molecule has 0 bridgehead atoms. The van der Waals surface area contributed by atoms with Crippen LogP contribution >= 0.6 is 0 Å². The molecule has 0 fully saturated rings. The van der Waals surface area contributed by atoms with Crippen LogP contribution < -0.4 is 10.5 Å². The highest BCUT2D eigenvalue weighted by molar-refractivity contribution is 5.29. The molecule has 20 heavy (non-hydrogen) atoms. The average molecular weight is 275 g/mol. The first kappa shape index (κ1) is 14.2. The summed E-state index contributed by atoms with van der Waals surface area (Å²) in [6, 6.07) is 8.29. The van der Waals surface area contributed by atoms with E-state index in [1.54, 1.807) is 0 Å². The highest BCUT2D eigenvalue weighted by atomic mass is 19.1. The van der Waals surface area contributed by atoms with E-state index >= 15 is 0 Å². The Morgan fingerprint density at radius 3 is 2.55 bits per heavy atom. The van der Waals surface area contributed by atoms with Crippen molar-refractivity contribution < 1.29 is 9.13 Å². The van der Waals surface area contributed by atoms with E-state index in [0.29, 0.717) is 6.61 Å². The van der Waals surface area contributed by atoms with Crippen LogP contribution in [0.2, 0.25) is 0 Å². The van der Waals surface area contributed by atoms with Crippen LogP contribution in [0.25, 0.3) is 0 Å². The Labute approximate surface area is 117 Å². The van der Waals surface area contributed by atoms with Gasteiger partial charge in [0.25, 0.3) is 0 Å². The molecule has 1 aromatic heterocycles. The number of halogens is 1. The third kappa shape index (κ3) is 3.91. The molecule has 0 saturated heterocycles. The molecule has 0 aliphatic rings. The first-order chi connectivity index (χ1) is 9.69. The van der Waals surface area contributed by atoms with Crippen LogP contribution in [-0.2, 0) is 13.0 Å². The fourth-order valence-electron chi connectivity index (χ4n) is 1.76. The van der Waals surface area contributed by atoms with E-state index in [1.807, 2.05) is 12.1 Å². The maximum Gasteiger partial charge on any atom is 0.318 e. The Morgan fingerprint density at radius 2 is 1.90 bits per heavy atom. The van der Waals surface area contributed by atoms with Gasteiger partial charge in [-0.3, -0.25) is 0 Å². The number of hydrogen-bond acceptors (Lipinski definition) is 4. The van der Waals surface area contributed by atoms with Crippen LogP contribution in [0.4, 0.5) is 10.2 Å². The molecule has 0 spiro atoms. The van der Waals surface area contributed by atoms with Gasteiger partial charge < -0.3 is 10.5 Å². The second-order valence-corrected chi connectivity index (χ2v) is 4.59. The highest BCUT2D eigenvalue weighted by Gasteiger charge is 2.04. The number of unbranched alkanes of at least 4 members (excludes halogenated alkanes) is 1. The van der Waals surface area contributed by atoms with Gasteiger partial charge in [-0.25, -0.2) is 9.37 Å². The number of hydrogen-bond donors (Lipinski definition) is 1. The van der Waals surface area contributed by atoms with Gasteiger partial charge >= 0.3 is 6.01 Å². The smallest absolute Gasteiger partial charge is 0.318 e. The first-order valence-corrected chi connectivity index (χ1v) is 6.67. The molecule has 0 aliphatic carbocycles. The Hall–Kier alpha value is -2.17. The molecule has 0 radical (unpaired) electrons. The molecule has 106 valence electrons. The fourth-order valence-corrected chi connectivity index (χ4v) is 1.76. The van der Waals surface area contributed by atoms with Crippen molar-refractivity contribution >= 4 is 5.82 Å². The number of nitrogens with two attached hydrogens (primary N) is 1. The molecule has 0 amide bonds. The summed E-state index contributed by atoms with van der Waals surface area (Å²) in [5.74, 6) is -0.845. The summed E-state index contributed by atoms with van der Waals surface area (Å²) in [7, 11) is 0. The van der Waals surface area contributed by atoms with Gasteiger partial charge in [-0.1, -0.05) is 37.6 Å². The lowest BCUT2D eigenvalue weighted by Gasteiger charge is -2.06. The van der Waals surface area contributed by atoms with Gasteiger partial charge in [-0.2, -0.15) is 4.98 Å². The lowest BCUT2D eigenvalue weighted by atomic mass is 10.1. The van der Waals surface area contributed by atoms with Crippen molar-refractivity contribution in [3.05, 3.63) is 47.4 Å². The Morgan fingerprint density at radius 1 is 1.20 bits per heavy atom. The topological polar surface area (TPSA) is 61.0 Å². The van der Waals surface area contributed by atoms with Gasteiger partial charge in [0.1, 0.15) is 6.61 Å². The summed E-state index contributed by atoms with van der Waals surface area (Å²) in [5.41, 5.74) is 7.68. The molecule has 4 nitrogen and oxygen atoms in total. The Balaban J connectivity index is 1.91.